The third-order valence-corrected chi connectivity index (χ3v) is 2.88. The van der Waals surface area contributed by atoms with E-state index in [0.717, 1.165) is 17.1 Å². The van der Waals surface area contributed by atoms with E-state index in [1.54, 1.807) is 11.3 Å². The molecule has 0 radical (unpaired) electrons. The maximum Gasteiger partial charge on any atom is 0.235 e. The Hall–Kier alpha value is -0.170. The minimum Gasteiger partial charge on any atom is -0.298 e. The summed E-state index contributed by atoms with van der Waals surface area (Å²) in [5.74, 6) is 0.00704. The molecule has 1 rings (SSSR count). The van der Waals surface area contributed by atoms with Gasteiger partial charge in [-0.15, -0.1) is 11.3 Å². The summed E-state index contributed by atoms with van der Waals surface area (Å²) in [5, 5.41) is 2.89. The van der Waals surface area contributed by atoms with Crippen LogP contribution < -0.4 is 3.53 Å². The number of nitrogens with zero attached hydrogens (tertiary/aromatic N) is 1. The maximum absolute atomic E-state index is 10.9. The van der Waals surface area contributed by atoms with Crippen LogP contribution in [0, 0.1) is 0 Å². The van der Waals surface area contributed by atoms with Gasteiger partial charge in [0.1, 0.15) is 5.01 Å². The minimum atomic E-state index is 0.00704. The SMILES string of the molecule is CCc1csc(CC(=O)NI)n1. The first-order chi connectivity index (χ1) is 5.76. The predicted molar refractivity (Wildman–Crippen MR) is 57.4 cm³/mol. The summed E-state index contributed by atoms with van der Waals surface area (Å²) in [7, 11) is 0. The number of thiazole rings is 1. The summed E-state index contributed by atoms with van der Waals surface area (Å²) >= 11 is 3.38. The highest BCUT2D eigenvalue weighted by molar-refractivity contribution is 14.1. The van der Waals surface area contributed by atoms with Crippen LogP contribution in [0.3, 0.4) is 0 Å². The fourth-order valence-corrected chi connectivity index (χ4v) is 1.83. The summed E-state index contributed by atoms with van der Waals surface area (Å²) in [6.07, 6.45) is 1.33. The molecule has 1 aromatic heterocycles. The molecule has 0 aromatic carbocycles. The van der Waals surface area contributed by atoms with E-state index in [4.69, 9.17) is 0 Å². The van der Waals surface area contributed by atoms with Crippen molar-refractivity contribution in [2.75, 3.05) is 0 Å². The van der Waals surface area contributed by atoms with Gasteiger partial charge in [0.25, 0.3) is 0 Å². The van der Waals surface area contributed by atoms with E-state index in [9.17, 15) is 4.79 Å². The monoisotopic (exact) mass is 296 g/mol. The van der Waals surface area contributed by atoms with Gasteiger partial charge in [-0.3, -0.25) is 8.32 Å². The highest BCUT2D eigenvalue weighted by atomic mass is 127. The van der Waals surface area contributed by atoms with Gasteiger partial charge in [0.2, 0.25) is 5.91 Å². The van der Waals surface area contributed by atoms with E-state index < -0.39 is 0 Å². The number of hydrogen-bond donors (Lipinski definition) is 1. The van der Waals surface area contributed by atoms with E-state index >= 15 is 0 Å². The van der Waals surface area contributed by atoms with Crippen LogP contribution >= 0.6 is 34.2 Å². The van der Waals surface area contributed by atoms with Crippen molar-refractivity contribution in [1.29, 1.82) is 0 Å². The lowest BCUT2D eigenvalue weighted by Crippen LogP contribution is -2.14. The molecule has 0 saturated heterocycles. The van der Waals surface area contributed by atoms with Crippen LogP contribution in [0.15, 0.2) is 5.38 Å². The fourth-order valence-electron chi connectivity index (χ4n) is 0.763. The summed E-state index contributed by atoms with van der Waals surface area (Å²) in [6.45, 7) is 2.05. The number of halogens is 1. The quantitative estimate of drug-likeness (QED) is 0.681. The van der Waals surface area contributed by atoms with Crippen molar-refractivity contribution >= 4 is 40.1 Å². The van der Waals surface area contributed by atoms with Gasteiger partial charge in [0.05, 0.1) is 35.0 Å². The first-order valence-corrected chi connectivity index (χ1v) is 5.54. The van der Waals surface area contributed by atoms with Crippen molar-refractivity contribution in [3.8, 4) is 0 Å². The maximum atomic E-state index is 10.9. The molecule has 0 spiro atoms. The Morgan fingerprint density at radius 3 is 3.08 bits per heavy atom. The van der Waals surface area contributed by atoms with Crippen LogP contribution in [0.4, 0.5) is 0 Å². The minimum absolute atomic E-state index is 0.00704. The van der Waals surface area contributed by atoms with Crippen molar-refractivity contribution in [3.05, 3.63) is 16.1 Å². The lowest BCUT2D eigenvalue weighted by Gasteiger charge is -1.92. The van der Waals surface area contributed by atoms with Crippen LogP contribution in [0.2, 0.25) is 0 Å². The predicted octanol–water partition coefficient (Wildman–Crippen LogP) is 1.71. The molecule has 66 valence electrons. The Bertz CT molecular complexity index is 274. The first kappa shape index (κ1) is 9.91. The number of amides is 1. The molecule has 5 heteroatoms. The number of carbonyl (C=O) groups excluding carboxylic acids is 1. The number of carbonyl (C=O) groups is 1. The summed E-state index contributed by atoms with van der Waals surface area (Å²) in [4.78, 5) is 15.2. The van der Waals surface area contributed by atoms with Gasteiger partial charge in [-0.05, 0) is 6.42 Å². The lowest BCUT2D eigenvalue weighted by molar-refractivity contribution is -0.118. The fraction of sp³-hybridized carbons (Fsp3) is 0.429. The molecule has 0 atom stereocenters. The molecule has 1 amide bonds. The first-order valence-electron chi connectivity index (χ1n) is 3.59. The number of nitrogens with one attached hydrogen (secondary N) is 1. The standard InChI is InChI=1S/C7H9IN2OS/c1-2-5-4-12-7(9-5)3-6(11)10-8/h4H,2-3H2,1H3,(H,10,11). The number of aryl methyl sites for hydroxylation is 1. The molecule has 12 heavy (non-hydrogen) atoms. The molecule has 0 aliphatic heterocycles. The highest BCUT2D eigenvalue weighted by Crippen LogP contribution is 2.10. The second kappa shape index (κ2) is 4.76. The van der Waals surface area contributed by atoms with E-state index in [2.05, 4.69) is 15.4 Å². The second-order valence-electron chi connectivity index (χ2n) is 2.28. The Kier molecular flexibility index (Phi) is 3.93. The molecule has 0 bridgehead atoms. The van der Waals surface area contributed by atoms with Crippen LogP contribution in [0.25, 0.3) is 0 Å². The second-order valence-corrected chi connectivity index (χ2v) is 3.76. The average Bonchev–Trinajstić information content (AvgIpc) is 2.52. The Morgan fingerprint density at radius 1 is 1.83 bits per heavy atom. The van der Waals surface area contributed by atoms with E-state index in [1.807, 2.05) is 28.2 Å². The molecule has 3 nitrogen and oxygen atoms in total. The molecule has 1 aromatic rings. The highest BCUT2D eigenvalue weighted by Gasteiger charge is 2.05. The summed E-state index contributed by atoms with van der Waals surface area (Å²) in [5.41, 5.74) is 1.07. The average molecular weight is 296 g/mol. The zero-order chi connectivity index (χ0) is 8.97. The van der Waals surface area contributed by atoms with Crippen molar-refractivity contribution in [1.82, 2.24) is 8.51 Å². The van der Waals surface area contributed by atoms with Crippen molar-refractivity contribution < 1.29 is 4.79 Å². The van der Waals surface area contributed by atoms with E-state index in [1.165, 1.54) is 0 Å². The Balaban J connectivity index is 2.58. The Labute approximate surface area is 89.1 Å². The molecule has 0 aliphatic rings. The van der Waals surface area contributed by atoms with E-state index in [-0.39, 0.29) is 5.91 Å². The van der Waals surface area contributed by atoms with Gasteiger partial charge in [-0.2, -0.15) is 0 Å². The molecular formula is C7H9IN2OS. The van der Waals surface area contributed by atoms with Gasteiger partial charge >= 0.3 is 0 Å². The Morgan fingerprint density at radius 2 is 2.58 bits per heavy atom. The number of rotatable bonds is 3. The van der Waals surface area contributed by atoms with Crippen LogP contribution in [-0.4, -0.2) is 10.9 Å². The molecule has 1 heterocycles. The van der Waals surface area contributed by atoms with Gasteiger partial charge in [-0.25, -0.2) is 4.98 Å². The smallest absolute Gasteiger partial charge is 0.235 e. The third-order valence-electron chi connectivity index (χ3n) is 1.38. The lowest BCUT2D eigenvalue weighted by atomic mass is 10.4. The molecular weight excluding hydrogens is 287 g/mol. The normalized spacial score (nSPS) is 9.83. The van der Waals surface area contributed by atoms with Gasteiger partial charge in [-0.1, -0.05) is 6.92 Å². The number of aromatic nitrogens is 1. The van der Waals surface area contributed by atoms with Crippen LogP contribution in [0.1, 0.15) is 17.6 Å². The van der Waals surface area contributed by atoms with Gasteiger partial charge in [0, 0.05) is 5.38 Å². The van der Waals surface area contributed by atoms with Crippen molar-refractivity contribution in [2.45, 2.75) is 19.8 Å². The molecule has 0 unspecified atom stereocenters. The van der Waals surface area contributed by atoms with Crippen LogP contribution in [0.5, 0.6) is 0 Å². The zero-order valence-corrected chi connectivity index (χ0v) is 9.61. The van der Waals surface area contributed by atoms with Gasteiger partial charge < -0.3 is 0 Å². The summed E-state index contributed by atoms with van der Waals surface area (Å²) < 4.78 is 2.54. The molecule has 0 fully saturated rings. The summed E-state index contributed by atoms with van der Waals surface area (Å²) in [6, 6.07) is 0. The van der Waals surface area contributed by atoms with Crippen molar-refractivity contribution in [2.24, 2.45) is 0 Å². The molecule has 1 N–H and O–H groups in total. The molecule has 0 saturated carbocycles. The van der Waals surface area contributed by atoms with Crippen LogP contribution in [-0.2, 0) is 17.6 Å². The van der Waals surface area contributed by atoms with Gasteiger partial charge in [0.15, 0.2) is 0 Å². The number of hydrogen-bond acceptors (Lipinski definition) is 3. The topological polar surface area (TPSA) is 42.0 Å². The largest absolute Gasteiger partial charge is 0.298 e. The third kappa shape index (κ3) is 2.71. The van der Waals surface area contributed by atoms with Crippen molar-refractivity contribution in [3.63, 3.8) is 0 Å². The molecule has 0 aliphatic carbocycles. The van der Waals surface area contributed by atoms with E-state index in [0.29, 0.717) is 6.42 Å². The zero-order valence-electron chi connectivity index (χ0n) is 6.63.